The fraction of sp³-hybridized carbons (Fsp3) is 0.692. The number of fused-ring (bicyclic) bond motifs is 1. The van der Waals surface area contributed by atoms with Crippen molar-refractivity contribution < 1.29 is 14.7 Å². The maximum atomic E-state index is 12.1. The highest BCUT2D eigenvalue weighted by Gasteiger charge is 2.48. The second-order valence-electron chi connectivity index (χ2n) is 5.27. The molecule has 0 aromatic rings. The zero-order valence-electron chi connectivity index (χ0n) is 10.3. The lowest BCUT2D eigenvalue weighted by atomic mass is 9.85. The van der Waals surface area contributed by atoms with E-state index in [0.717, 1.165) is 0 Å². The number of rotatable bonds is 3. The minimum Gasteiger partial charge on any atom is -0.388 e. The number of β-amino-alcohol motifs (C(OH)–C–C–N with tert-alkyl or cyclic N) is 1. The van der Waals surface area contributed by atoms with E-state index in [1.165, 1.54) is 4.90 Å². The minimum atomic E-state index is -0.980. The number of imide groups is 1. The molecule has 0 aromatic carbocycles. The zero-order chi connectivity index (χ0) is 12.6. The zero-order valence-corrected chi connectivity index (χ0v) is 10.3. The molecular formula is C13H19NO3. The molecule has 4 nitrogen and oxygen atoms in total. The standard InChI is InChI=1S/C13H19NO3/c1-3-13(2,17)8-14-11(15)9-6-4-5-7-10(9)12(14)16/h4-5,9-10,17H,3,6-8H2,1-2H3. The van der Waals surface area contributed by atoms with E-state index in [1.807, 2.05) is 19.1 Å². The summed E-state index contributed by atoms with van der Waals surface area (Å²) in [5.74, 6) is -0.614. The van der Waals surface area contributed by atoms with Gasteiger partial charge in [-0.1, -0.05) is 19.1 Å². The van der Waals surface area contributed by atoms with Crippen LogP contribution in [0.25, 0.3) is 0 Å². The summed E-state index contributed by atoms with van der Waals surface area (Å²) in [6.07, 6.45) is 5.76. The Bertz CT molecular complexity index is 347. The molecule has 94 valence electrons. The molecule has 2 amide bonds. The van der Waals surface area contributed by atoms with Gasteiger partial charge < -0.3 is 5.11 Å². The van der Waals surface area contributed by atoms with Crippen molar-refractivity contribution >= 4 is 11.8 Å². The van der Waals surface area contributed by atoms with Gasteiger partial charge in [-0.25, -0.2) is 0 Å². The van der Waals surface area contributed by atoms with Gasteiger partial charge in [0.15, 0.2) is 0 Å². The largest absolute Gasteiger partial charge is 0.388 e. The monoisotopic (exact) mass is 237 g/mol. The summed E-state index contributed by atoms with van der Waals surface area (Å²) in [6, 6.07) is 0. The summed E-state index contributed by atoms with van der Waals surface area (Å²) >= 11 is 0. The van der Waals surface area contributed by atoms with E-state index in [-0.39, 0.29) is 30.2 Å². The molecule has 1 aliphatic carbocycles. The van der Waals surface area contributed by atoms with Crippen LogP contribution in [0.15, 0.2) is 12.2 Å². The number of amides is 2. The van der Waals surface area contributed by atoms with Crippen molar-refractivity contribution in [1.82, 2.24) is 4.90 Å². The van der Waals surface area contributed by atoms with Crippen LogP contribution in [0, 0.1) is 11.8 Å². The van der Waals surface area contributed by atoms with Crippen molar-refractivity contribution in [3.8, 4) is 0 Å². The van der Waals surface area contributed by atoms with Crippen molar-refractivity contribution in [3.05, 3.63) is 12.2 Å². The molecule has 4 heteroatoms. The number of hydrogen-bond donors (Lipinski definition) is 1. The topological polar surface area (TPSA) is 57.6 Å². The van der Waals surface area contributed by atoms with Crippen LogP contribution in [0.2, 0.25) is 0 Å². The van der Waals surface area contributed by atoms with E-state index in [0.29, 0.717) is 19.3 Å². The lowest BCUT2D eigenvalue weighted by molar-refractivity contribution is -0.143. The van der Waals surface area contributed by atoms with E-state index in [9.17, 15) is 14.7 Å². The maximum Gasteiger partial charge on any atom is 0.233 e. The minimum absolute atomic E-state index is 0.113. The van der Waals surface area contributed by atoms with Crippen LogP contribution in [0.3, 0.4) is 0 Å². The number of carbonyl (C=O) groups is 2. The van der Waals surface area contributed by atoms with Crippen molar-refractivity contribution in [3.63, 3.8) is 0 Å². The third-order valence-corrected chi connectivity index (χ3v) is 3.86. The Morgan fingerprint density at radius 1 is 1.29 bits per heavy atom. The van der Waals surface area contributed by atoms with Crippen molar-refractivity contribution in [1.29, 1.82) is 0 Å². The average Bonchev–Trinajstić information content (AvgIpc) is 2.55. The summed E-state index contributed by atoms with van der Waals surface area (Å²) < 4.78 is 0. The lowest BCUT2D eigenvalue weighted by Crippen LogP contribution is -2.43. The van der Waals surface area contributed by atoms with Crippen LogP contribution in [0.4, 0.5) is 0 Å². The first-order valence-corrected chi connectivity index (χ1v) is 6.19. The summed E-state index contributed by atoms with van der Waals surface area (Å²) in [5, 5.41) is 9.99. The Hall–Kier alpha value is -1.16. The third-order valence-electron chi connectivity index (χ3n) is 3.86. The van der Waals surface area contributed by atoms with Crippen LogP contribution in [0.5, 0.6) is 0 Å². The molecule has 0 aromatic heterocycles. The van der Waals surface area contributed by atoms with Gasteiger partial charge >= 0.3 is 0 Å². The first-order valence-electron chi connectivity index (χ1n) is 6.19. The lowest BCUT2D eigenvalue weighted by Gasteiger charge is -2.26. The van der Waals surface area contributed by atoms with Crippen molar-refractivity contribution in [2.75, 3.05) is 6.54 Å². The highest BCUT2D eigenvalue weighted by molar-refractivity contribution is 6.05. The second-order valence-corrected chi connectivity index (χ2v) is 5.27. The molecule has 1 saturated heterocycles. The molecule has 0 saturated carbocycles. The summed E-state index contributed by atoms with van der Waals surface area (Å²) in [7, 11) is 0. The summed E-state index contributed by atoms with van der Waals surface area (Å²) in [6.45, 7) is 3.63. The molecule has 0 radical (unpaired) electrons. The first kappa shape index (κ1) is 12.3. The number of carbonyl (C=O) groups excluding carboxylic acids is 2. The van der Waals surface area contributed by atoms with Gasteiger partial charge in [0.2, 0.25) is 11.8 Å². The molecule has 2 rings (SSSR count). The highest BCUT2D eigenvalue weighted by atomic mass is 16.3. The predicted octanol–water partition coefficient (Wildman–Crippen LogP) is 1.10. The Morgan fingerprint density at radius 3 is 2.18 bits per heavy atom. The molecule has 1 fully saturated rings. The van der Waals surface area contributed by atoms with Crippen LogP contribution in [-0.2, 0) is 9.59 Å². The molecule has 3 unspecified atom stereocenters. The molecule has 17 heavy (non-hydrogen) atoms. The number of hydrogen-bond acceptors (Lipinski definition) is 3. The van der Waals surface area contributed by atoms with E-state index < -0.39 is 5.60 Å². The predicted molar refractivity (Wildman–Crippen MR) is 63.0 cm³/mol. The first-order chi connectivity index (χ1) is 7.96. The van der Waals surface area contributed by atoms with Crippen molar-refractivity contribution in [2.24, 2.45) is 11.8 Å². The van der Waals surface area contributed by atoms with Gasteiger partial charge in [-0.2, -0.15) is 0 Å². The highest BCUT2D eigenvalue weighted by Crippen LogP contribution is 2.35. The van der Waals surface area contributed by atoms with E-state index in [4.69, 9.17) is 0 Å². The molecule has 1 aliphatic heterocycles. The molecule has 2 aliphatic rings. The van der Waals surface area contributed by atoms with E-state index >= 15 is 0 Å². The Labute approximate surface area is 101 Å². The van der Waals surface area contributed by atoms with Crippen LogP contribution >= 0.6 is 0 Å². The Kier molecular flexibility index (Phi) is 3.08. The number of likely N-dealkylation sites (tertiary alicyclic amines) is 1. The molecular weight excluding hydrogens is 218 g/mol. The molecule has 1 N–H and O–H groups in total. The van der Waals surface area contributed by atoms with Gasteiger partial charge in [-0.05, 0) is 26.2 Å². The van der Waals surface area contributed by atoms with Crippen LogP contribution < -0.4 is 0 Å². The van der Waals surface area contributed by atoms with Crippen LogP contribution in [0.1, 0.15) is 33.1 Å². The van der Waals surface area contributed by atoms with Gasteiger partial charge in [0, 0.05) is 0 Å². The van der Waals surface area contributed by atoms with Crippen LogP contribution in [-0.4, -0.2) is 34.0 Å². The Morgan fingerprint density at radius 2 is 1.76 bits per heavy atom. The van der Waals surface area contributed by atoms with Gasteiger partial charge in [0.25, 0.3) is 0 Å². The molecule has 0 spiro atoms. The smallest absolute Gasteiger partial charge is 0.233 e. The van der Waals surface area contributed by atoms with Crippen molar-refractivity contribution in [2.45, 2.75) is 38.7 Å². The fourth-order valence-corrected chi connectivity index (χ4v) is 2.48. The van der Waals surface area contributed by atoms with E-state index in [2.05, 4.69) is 0 Å². The maximum absolute atomic E-state index is 12.1. The van der Waals surface area contributed by atoms with Gasteiger partial charge in [-0.3, -0.25) is 14.5 Å². The van der Waals surface area contributed by atoms with Gasteiger partial charge in [-0.15, -0.1) is 0 Å². The number of allylic oxidation sites excluding steroid dienone is 2. The average molecular weight is 237 g/mol. The van der Waals surface area contributed by atoms with E-state index in [1.54, 1.807) is 6.92 Å². The summed E-state index contributed by atoms with van der Waals surface area (Å²) in [4.78, 5) is 25.5. The SMILES string of the molecule is CCC(C)(O)CN1C(=O)C2CC=CCC2C1=O. The quantitative estimate of drug-likeness (QED) is 0.590. The summed E-state index contributed by atoms with van der Waals surface area (Å²) in [5.41, 5.74) is -0.980. The fourth-order valence-electron chi connectivity index (χ4n) is 2.48. The molecule has 1 heterocycles. The number of aliphatic hydroxyl groups is 1. The van der Waals surface area contributed by atoms with Gasteiger partial charge in [0.05, 0.1) is 24.0 Å². The third kappa shape index (κ3) is 2.14. The van der Waals surface area contributed by atoms with Gasteiger partial charge in [0.1, 0.15) is 0 Å². The number of nitrogens with zero attached hydrogens (tertiary/aromatic N) is 1. The Balaban J connectivity index is 2.16. The normalized spacial score (nSPS) is 31.6. The molecule has 0 bridgehead atoms. The second kappa shape index (κ2) is 4.26. The molecule has 3 atom stereocenters.